The fourth-order valence-electron chi connectivity index (χ4n) is 3.27. The van der Waals surface area contributed by atoms with Crippen LogP contribution in [0, 0.1) is 0 Å². The SMILES string of the molecule is CCCC[C@@H](CCO)Nc1nc(N)nc(CC)c1Cc1ccccc1OC. The van der Waals surface area contributed by atoms with Gasteiger partial charge in [0, 0.05) is 24.6 Å². The van der Waals surface area contributed by atoms with Gasteiger partial charge < -0.3 is 20.9 Å². The molecule has 0 saturated carbocycles. The molecule has 1 atom stereocenters. The quantitative estimate of drug-likeness (QED) is 0.558. The van der Waals surface area contributed by atoms with Crippen LogP contribution >= 0.6 is 0 Å². The minimum atomic E-state index is 0.143. The second-order valence-electron chi connectivity index (χ2n) is 6.69. The predicted molar refractivity (Wildman–Crippen MR) is 110 cm³/mol. The zero-order valence-corrected chi connectivity index (χ0v) is 16.7. The smallest absolute Gasteiger partial charge is 0.222 e. The van der Waals surface area contributed by atoms with E-state index in [9.17, 15) is 5.11 Å². The Morgan fingerprint density at radius 2 is 1.96 bits per heavy atom. The number of aryl methyl sites for hydroxylation is 1. The Labute approximate surface area is 162 Å². The fraction of sp³-hybridized carbons (Fsp3) is 0.524. The van der Waals surface area contributed by atoms with Gasteiger partial charge in [0.15, 0.2) is 0 Å². The number of nitrogens with one attached hydrogen (secondary N) is 1. The molecule has 0 saturated heterocycles. The predicted octanol–water partition coefficient (Wildman–Crippen LogP) is 3.57. The van der Waals surface area contributed by atoms with Crippen molar-refractivity contribution in [1.29, 1.82) is 0 Å². The molecule has 4 N–H and O–H groups in total. The first-order valence-electron chi connectivity index (χ1n) is 9.77. The summed E-state index contributed by atoms with van der Waals surface area (Å²) in [6.45, 7) is 4.38. The molecule has 0 aliphatic carbocycles. The molecule has 0 aliphatic rings. The van der Waals surface area contributed by atoms with E-state index in [4.69, 9.17) is 10.5 Å². The molecule has 2 rings (SSSR count). The Hall–Kier alpha value is -2.34. The van der Waals surface area contributed by atoms with Crippen molar-refractivity contribution in [3.8, 4) is 5.75 Å². The second-order valence-corrected chi connectivity index (χ2v) is 6.69. The maximum absolute atomic E-state index is 9.43. The summed E-state index contributed by atoms with van der Waals surface area (Å²) < 4.78 is 5.51. The third-order valence-electron chi connectivity index (χ3n) is 4.73. The van der Waals surface area contributed by atoms with Crippen LogP contribution in [0.3, 0.4) is 0 Å². The normalized spacial score (nSPS) is 12.0. The van der Waals surface area contributed by atoms with Crippen molar-refractivity contribution in [3.05, 3.63) is 41.1 Å². The van der Waals surface area contributed by atoms with Crippen LogP contribution in [-0.2, 0) is 12.8 Å². The molecule has 0 unspecified atom stereocenters. The van der Waals surface area contributed by atoms with Gasteiger partial charge in [-0.15, -0.1) is 0 Å². The molecule has 0 aliphatic heterocycles. The molecule has 1 aromatic heterocycles. The number of aromatic nitrogens is 2. The van der Waals surface area contributed by atoms with Gasteiger partial charge in [-0.25, -0.2) is 4.98 Å². The molecule has 27 heavy (non-hydrogen) atoms. The molecule has 0 spiro atoms. The number of ether oxygens (including phenoxy) is 1. The monoisotopic (exact) mass is 372 g/mol. The number of nitrogen functional groups attached to an aromatic ring is 1. The number of anilines is 2. The van der Waals surface area contributed by atoms with Gasteiger partial charge in [-0.1, -0.05) is 44.9 Å². The number of hydrogen-bond donors (Lipinski definition) is 3. The first kappa shape index (κ1) is 21.0. The van der Waals surface area contributed by atoms with Crippen molar-refractivity contribution in [2.45, 2.75) is 58.4 Å². The van der Waals surface area contributed by atoms with E-state index in [-0.39, 0.29) is 18.6 Å². The number of benzene rings is 1. The molecule has 1 heterocycles. The van der Waals surface area contributed by atoms with Crippen molar-refractivity contribution < 1.29 is 9.84 Å². The molecule has 1 aromatic carbocycles. The van der Waals surface area contributed by atoms with E-state index in [1.807, 2.05) is 18.2 Å². The fourth-order valence-corrected chi connectivity index (χ4v) is 3.27. The molecule has 0 radical (unpaired) electrons. The van der Waals surface area contributed by atoms with E-state index in [0.717, 1.165) is 54.1 Å². The second kappa shape index (κ2) is 10.7. The molecular weight excluding hydrogens is 340 g/mol. The van der Waals surface area contributed by atoms with E-state index < -0.39 is 0 Å². The largest absolute Gasteiger partial charge is 0.496 e. The summed E-state index contributed by atoms with van der Waals surface area (Å²) >= 11 is 0. The number of aliphatic hydroxyl groups is 1. The molecule has 0 amide bonds. The van der Waals surface area contributed by atoms with Crippen molar-refractivity contribution in [2.24, 2.45) is 0 Å². The van der Waals surface area contributed by atoms with Crippen LogP contribution in [0.25, 0.3) is 0 Å². The van der Waals surface area contributed by atoms with Crippen LogP contribution in [-0.4, -0.2) is 34.8 Å². The summed E-state index contributed by atoms with van der Waals surface area (Å²) in [5.41, 5.74) is 9.03. The summed E-state index contributed by atoms with van der Waals surface area (Å²) in [7, 11) is 1.68. The van der Waals surface area contributed by atoms with E-state index in [1.165, 1.54) is 0 Å². The first-order valence-corrected chi connectivity index (χ1v) is 9.77. The molecule has 6 nitrogen and oxygen atoms in total. The van der Waals surface area contributed by atoms with Crippen LogP contribution in [0.1, 0.15) is 56.4 Å². The van der Waals surface area contributed by atoms with E-state index >= 15 is 0 Å². The number of hydrogen-bond acceptors (Lipinski definition) is 6. The summed E-state index contributed by atoms with van der Waals surface area (Å²) in [5, 5.41) is 13.0. The van der Waals surface area contributed by atoms with Gasteiger partial charge in [0.2, 0.25) is 5.95 Å². The van der Waals surface area contributed by atoms with Crippen LogP contribution in [0.5, 0.6) is 5.75 Å². The van der Waals surface area contributed by atoms with E-state index in [2.05, 4.69) is 35.2 Å². The Morgan fingerprint density at radius 3 is 2.63 bits per heavy atom. The Bertz CT molecular complexity index is 721. The first-order chi connectivity index (χ1) is 13.1. The summed E-state index contributed by atoms with van der Waals surface area (Å²) in [6.07, 6.45) is 5.31. The lowest BCUT2D eigenvalue weighted by atomic mass is 10.0. The van der Waals surface area contributed by atoms with Crippen LogP contribution in [0.2, 0.25) is 0 Å². The lowest BCUT2D eigenvalue weighted by Crippen LogP contribution is -2.24. The number of rotatable bonds is 11. The lowest BCUT2D eigenvalue weighted by molar-refractivity contribution is 0.276. The van der Waals surface area contributed by atoms with Gasteiger partial charge >= 0.3 is 0 Å². The highest BCUT2D eigenvalue weighted by Gasteiger charge is 2.18. The number of methoxy groups -OCH3 is 1. The highest BCUT2D eigenvalue weighted by molar-refractivity contribution is 5.53. The molecular formula is C21H32N4O2. The van der Waals surface area contributed by atoms with Crippen LogP contribution in [0.15, 0.2) is 24.3 Å². The standard InChI is InChI=1S/C21H32N4O2/c1-4-6-10-16(12-13-26)23-20-17(18(5-2)24-21(22)25-20)14-15-9-7-8-11-19(15)27-3/h7-9,11,16,26H,4-6,10,12-14H2,1-3H3,(H3,22,23,24,25)/t16-/m0/s1. The minimum absolute atomic E-state index is 0.143. The van der Waals surface area contributed by atoms with Crippen LogP contribution in [0.4, 0.5) is 11.8 Å². The molecule has 2 aromatic rings. The highest BCUT2D eigenvalue weighted by Crippen LogP contribution is 2.28. The van der Waals surface area contributed by atoms with Crippen molar-refractivity contribution in [2.75, 3.05) is 24.8 Å². The number of aliphatic hydroxyl groups excluding tert-OH is 1. The molecule has 148 valence electrons. The third-order valence-corrected chi connectivity index (χ3v) is 4.73. The van der Waals surface area contributed by atoms with Gasteiger partial charge in [-0.2, -0.15) is 4.98 Å². The number of unbranched alkanes of at least 4 members (excludes halogenated alkanes) is 1. The molecule has 0 bridgehead atoms. The lowest BCUT2D eigenvalue weighted by Gasteiger charge is -2.22. The molecule has 6 heteroatoms. The Kier molecular flexibility index (Phi) is 8.33. The maximum atomic E-state index is 9.43. The number of nitrogens with zero attached hydrogens (tertiary/aromatic N) is 2. The van der Waals surface area contributed by atoms with Gasteiger partial charge in [0.05, 0.1) is 12.8 Å². The van der Waals surface area contributed by atoms with Gasteiger partial charge in [0.1, 0.15) is 11.6 Å². The van der Waals surface area contributed by atoms with Gasteiger partial charge in [0.25, 0.3) is 0 Å². The number of nitrogens with two attached hydrogens (primary N) is 1. The van der Waals surface area contributed by atoms with Gasteiger partial charge in [-0.3, -0.25) is 0 Å². The average molecular weight is 373 g/mol. The Balaban J connectivity index is 2.39. The highest BCUT2D eigenvalue weighted by atomic mass is 16.5. The summed E-state index contributed by atoms with van der Waals surface area (Å²) in [4.78, 5) is 8.95. The topological polar surface area (TPSA) is 93.3 Å². The zero-order valence-electron chi connectivity index (χ0n) is 16.7. The van der Waals surface area contributed by atoms with Crippen LogP contribution < -0.4 is 15.8 Å². The van der Waals surface area contributed by atoms with Crippen molar-refractivity contribution in [1.82, 2.24) is 9.97 Å². The maximum Gasteiger partial charge on any atom is 0.222 e. The zero-order chi connectivity index (χ0) is 19.6. The summed E-state index contributed by atoms with van der Waals surface area (Å²) in [5.74, 6) is 1.89. The molecule has 0 fully saturated rings. The third kappa shape index (κ3) is 5.82. The van der Waals surface area contributed by atoms with Crippen molar-refractivity contribution >= 4 is 11.8 Å². The van der Waals surface area contributed by atoms with E-state index in [0.29, 0.717) is 12.8 Å². The Morgan fingerprint density at radius 1 is 1.19 bits per heavy atom. The minimum Gasteiger partial charge on any atom is -0.496 e. The number of para-hydroxylation sites is 1. The van der Waals surface area contributed by atoms with Gasteiger partial charge in [-0.05, 0) is 30.9 Å². The van der Waals surface area contributed by atoms with Crippen molar-refractivity contribution in [3.63, 3.8) is 0 Å². The summed E-state index contributed by atoms with van der Waals surface area (Å²) in [6, 6.07) is 8.14. The average Bonchev–Trinajstić information content (AvgIpc) is 2.68. The van der Waals surface area contributed by atoms with E-state index in [1.54, 1.807) is 7.11 Å².